The van der Waals surface area contributed by atoms with E-state index in [1.54, 1.807) is 26.0 Å². The Morgan fingerprint density at radius 3 is 2.48 bits per heavy atom. The molecule has 0 unspecified atom stereocenters. The number of fused-ring (bicyclic) bond motifs is 1. The van der Waals surface area contributed by atoms with Gasteiger partial charge in [-0.05, 0) is 37.6 Å². The number of sulfone groups is 1. The second-order valence-corrected chi connectivity index (χ2v) is 10.7. The number of halogens is 2. The van der Waals surface area contributed by atoms with Crippen LogP contribution in [0.4, 0.5) is 8.78 Å². The van der Waals surface area contributed by atoms with Crippen LogP contribution in [-0.4, -0.2) is 37.9 Å². The monoisotopic (exact) mass is 468 g/mol. The lowest BCUT2D eigenvalue weighted by Gasteiger charge is -2.08. The highest BCUT2D eigenvalue weighted by atomic mass is 32.2. The molecule has 1 aromatic heterocycles. The maximum atomic E-state index is 14.4. The van der Waals surface area contributed by atoms with E-state index < -0.39 is 32.6 Å². The Morgan fingerprint density at radius 2 is 1.87 bits per heavy atom. The van der Waals surface area contributed by atoms with E-state index in [2.05, 4.69) is 4.99 Å². The van der Waals surface area contributed by atoms with Gasteiger partial charge in [0.2, 0.25) is 0 Å². The fourth-order valence-corrected chi connectivity index (χ4v) is 5.17. The molecule has 2 aromatic carbocycles. The van der Waals surface area contributed by atoms with Gasteiger partial charge in [0.25, 0.3) is 5.91 Å². The van der Waals surface area contributed by atoms with Gasteiger partial charge in [0, 0.05) is 19.7 Å². The molecule has 0 saturated heterocycles. The van der Waals surface area contributed by atoms with Crippen LogP contribution < -0.4 is 4.80 Å². The molecule has 0 bridgehead atoms. The predicted octanol–water partition coefficient (Wildman–Crippen LogP) is 3.48. The summed E-state index contributed by atoms with van der Waals surface area (Å²) in [5.41, 5.74) is 0.761. The molecule has 0 saturated carbocycles. The summed E-state index contributed by atoms with van der Waals surface area (Å²) < 4.78 is 59.3. The van der Waals surface area contributed by atoms with Crippen molar-refractivity contribution in [3.8, 4) is 0 Å². The van der Waals surface area contributed by atoms with Gasteiger partial charge in [-0.2, -0.15) is 4.99 Å². The summed E-state index contributed by atoms with van der Waals surface area (Å²) in [7, 11) is -1.90. The fraction of sp³-hybridized carbons (Fsp3) is 0.333. The molecule has 166 valence electrons. The van der Waals surface area contributed by atoms with Crippen molar-refractivity contribution in [2.24, 2.45) is 4.99 Å². The summed E-state index contributed by atoms with van der Waals surface area (Å²) >= 11 is 1.01. The molecule has 0 N–H and O–H groups in total. The summed E-state index contributed by atoms with van der Waals surface area (Å²) in [6.45, 7) is 3.71. The molecule has 0 aliphatic rings. The van der Waals surface area contributed by atoms with Crippen molar-refractivity contribution >= 4 is 37.3 Å². The molecule has 0 spiro atoms. The minimum absolute atomic E-state index is 0.0582. The van der Waals surface area contributed by atoms with Crippen LogP contribution in [0, 0.1) is 11.6 Å². The highest BCUT2D eigenvalue weighted by Crippen LogP contribution is 2.22. The largest absolute Gasteiger partial charge is 0.383 e. The van der Waals surface area contributed by atoms with Gasteiger partial charge in [-0.15, -0.1) is 0 Å². The van der Waals surface area contributed by atoms with Crippen molar-refractivity contribution < 1.29 is 26.7 Å². The van der Waals surface area contributed by atoms with Gasteiger partial charge in [0.1, 0.15) is 5.82 Å². The molecule has 0 atom stereocenters. The minimum Gasteiger partial charge on any atom is -0.383 e. The average molecular weight is 469 g/mol. The van der Waals surface area contributed by atoms with Crippen LogP contribution in [0.25, 0.3) is 10.2 Å². The molecular weight excluding hydrogens is 446 g/mol. The lowest BCUT2D eigenvalue weighted by molar-refractivity contribution is -0.117. The van der Waals surface area contributed by atoms with Crippen LogP contribution in [0.1, 0.15) is 19.4 Å². The van der Waals surface area contributed by atoms with Crippen molar-refractivity contribution in [1.29, 1.82) is 0 Å². The van der Waals surface area contributed by atoms with Gasteiger partial charge in [-0.3, -0.25) is 4.79 Å². The highest BCUT2D eigenvalue weighted by molar-refractivity contribution is 7.92. The number of ether oxygens (including phenoxy) is 1. The quantitative estimate of drug-likeness (QED) is 0.532. The smallest absolute Gasteiger partial charge is 0.252 e. The third-order valence-electron chi connectivity index (χ3n) is 4.66. The molecular formula is C21H22F2N2O4S2. The molecule has 3 aromatic rings. The summed E-state index contributed by atoms with van der Waals surface area (Å²) in [5, 5.41) is -0.546. The molecule has 0 fully saturated rings. The van der Waals surface area contributed by atoms with E-state index in [1.807, 2.05) is 0 Å². The molecule has 6 nitrogen and oxygen atoms in total. The number of nitrogens with zero attached hydrogens (tertiary/aromatic N) is 2. The van der Waals surface area contributed by atoms with E-state index in [1.165, 1.54) is 29.9 Å². The van der Waals surface area contributed by atoms with Gasteiger partial charge in [0.15, 0.2) is 20.5 Å². The topological polar surface area (TPSA) is 77.7 Å². The number of carbonyl (C=O) groups excluding carboxylic acids is 1. The van der Waals surface area contributed by atoms with E-state index >= 15 is 0 Å². The molecule has 1 heterocycles. The maximum Gasteiger partial charge on any atom is 0.252 e. The van der Waals surface area contributed by atoms with Crippen LogP contribution in [-0.2, 0) is 32.3 Å². The van der Waals surface area contributed by atoms with Crippen LogP contribution in [0.3, 0.4) is 0 Å². The second-order valence-electron chi connectivity index (χ2n) is 7.18. The van der Waals surface area contributed by atoms with Crippen molar-refractivity contribution in [3.63, 3.8) is 0 Å². The second kappa shape index (κ2) is 9.37. The fourth-order valence-electron chi connectivity index (χ4n) is 2.99. The van der Waals surface area contributed by atoms with Gasteiger partial charge >= 0.3 is 0 Å². The van der Waals surface area contributed by atoms with Crippen molar-refractivity contribution in [3.05, 3.63) is 58.4 Å². The van der Waals surface area contributed by atoms with Crippen LogP contribution >= 0.6 is 11.3 Å². The minimum atomic E-state index is -3.40. The van der Waals surface area contributed by atoms with Crippen molar-refractivity contribution in [1.82, 2.24) is 4.57 Å². The number of hydrogen-bond acceptors (Lipinski definition) is 5. The zero-order chi connectivity index (χ0) is 22.8. The van der Waals surface area contributed by atoms with E-state index in [-0.39, 0.29) is 34.8 Å². The number of amides is 1. The highest BCUT2D eigenvalue weighted by Gasteiger charge is 2.19. The van der Waals surface area contributed by atoms with Crippen LogP contribution in [0.2, 0.25) is 0 Å². The molecule has 3 rings (SSSR count). The third-order valence-corrected chi connectivity index (χ3v) is 7.86. The van der Waals surface area contributed by atoms with Crippen molar-refractivity contribution in [2.75, 3.05) is 13.7 Å². The standard InChI is InChI=1S/C21H22F2N2O4S2/c1-13(2)31(27,28)16-6-4-14(5-7-16)10-19(26)24-21-25(8-9-29-3)20-17(23)11-15(22)12-18(20)30-21/h4-7,11-13H,8-10H2,1-3H3. The Kier molecular flexibility index (Phi) is 7.03. The van der Waals surface area contributed by atoms with Gasteiger partial charge in [-0.1, -0.05) is 23.5 Å². The summed E-state index contributed by atoms with van der Waals surface area (Å²) in [5.74, 6) is -1.93. The number of hydrogen-bond donors (Lipinski definition) is 0. The molecule has 0 radical (unpaired) electrons. The van der Waals surface area contributed by atoms with E-state index in [4.69, 9.17) is 4.74 Å². The van der Waals surface area contributed by atoms with E-state index in [9.17, 15) is 22.0 Å². The Bertz CT molecular complexity index is 1280. The summed E-state index contributed by atoms with van der Waals surface area (Å²) in [6, 6.07) is 8.06. The van der Waals surface area contributed by atoms with Crippen molar-refractivity contribution in [2.45, 2.75) is 37.0 Å². The number of thiazole rings is 1. The first-order valence-corrected chi connectivity index (χ1v) is 11.9. The normalized spacial score (nSPS) is 12.8. The Balaban J connectivity index is 1.93. The Morgan fingerprint density at radius 1 is 1.19 bits per heavy atom. The third kappa shape index (κ3) is 5.08. The van der Waals surface area contributed by atoms with E-state index in [0.29, 0.717) is 10.3 Å². The molecule has 1 amide bonds. The first-order valence-electron chi connectivity index (χ1n) is 9.51. The summed E-state index contributed by atoms with van der Waals surface area (Å²) in [6.07, 6.45) is -0.0582. The van der Waals surface area contributed by atoms with Gasteiger partial charge in [-0.25, -0.2) is 17.2 Å². The summed E-state index contributed by atoms with van der Waals surface area (Å²) in [4.78, 5) is 17.1. The average Bonchev–Trinajstić information content (AvgIpc) is 3.03. The van der Waals surface area contributed by atoms with Crippen LogP contribution in [0.5, 0.6) is 0 Å². The number of benzene rings is 2. The molecule has 0 aliphatic heterocycles. The number of methoxy groups -OCH3 is 1. The Hall–Kier alpha value is -2.43. The molecule has 0 aliphatic carbocycles. The van der Waals surface area contributed by atoms with E-state index in [0.717, 1.165) is 17.4 Å². The SMILES string of the molecule is COCCn1c(=NC(=O)Cc2ccc(S(=O)(=O)C(C)C)cc2)sc2cc(F)cc(F)c21. The lowest BCUT2D eigenvalue weighted by atomic mass is 10.1. The Labute approximate surface area is 182 Å². The predicted molar refractivity (Wildman–Crippen MR) is 115 cm³/mol. The number of rotatable bonds is 7. The molecule has 31 heavy (non-hydrogen) atoms. The lowest BCUT2D eigenvalue weighted by Crippen LogP contribution is -2.20. The van der Waals surface area contributed by atoms with Crippen LogP contribution in [0.15, 0.2) is 46.3 Å². The number of aromatic nitrogens is 1. The molecule has 10 heteroatoms. The zero-order valence-electron chi connectivity index (χ0n) is 17.3. The van der Waals surface area contributed by atoms with Gasteiger partial charge in [0.05, 0.1) is 33.4 Å². The zero-order valence-corrected chi connectivity index (χ0v) is 18.9. The number of carbonyl (C=O) groups is 1. The first-order chi connectivity index (χ1) is 14.6. The van der Waals surface area contributed by atoms with Gasteiger partial charge < -0.3 is 9.30 Å². The first kappa shape index (κ1) is 23.2. The maximum absolute atomic E-state index is 14.4.